The zero-order valence-electron chi connectivity index (χ0n) is 13.8. The van der Waals surface area contributed by atoms with Gasteiger partial charge in [0, 0.05) is 32.1 Å². The van der Waals surface area contributed by atoms with E-state index in [1.54, 1.807) is 19.2 Å². The van der Waals surface area contributed by atoms with Crippen molar-refractivity contribution in [2.45, 2.75) is 5.92 Å². The van der Waals surface area contributed by atoms with E-state index in [2.05, 4.69) is 22.3 Å². The Morgan fingerprint density at radius 1 is 1.13 bits per heavy atom. The summed E-state index contributed by atoms with van der Waals surface area (Å²) in [7, 11) is 5.63. The molecule has 0 fully saturated rings. The van der Waals surface area contributed by atoms with Crippen LogP contribution in [-0.4, -0.2) is 42.6 Å². The molecule has 1 atom stereocenters. The number of benzene rings is 1. The summed E-state index contributed by atoms with van der Waals surface area (Å²) in [6.45, 7) is 1.35. The van der Waals surface area contributed by atoms with Crippen LogP contribution in [-0.2, 0) is 7.05 Å². The highest BCUT2D eigenvalue weighted by molar-refractivity contribution is 5.92. The van der Waals surface area contributed by atoms with Gasteiger partial charge in [0.05, 0.1) is 0 Å². The van der Waals surface area contributed by atoms with Crippen LogP contribution < -0.4 is 10.9 Å². The molecule has 0 aliphatic rings. The van der Waals surface area contributed by atoms with Gasteiger partial charge in [-0.2, -0.15) is 0 Å². The molecule has 1 amide bonds. The molecule has 2 rings (SSSR count). The number of aromatic nitrogens is 1. The quantitative estimate of drug-likeness (QED) is 0.878. The largest absolute Gasteiger partial charge is 0.350 e. The summed E-state index contributed by atoms with van der Waals surface area (Å²) in [5, 5.41) is 2.95. The van der Waals surface area contributed by atoms with E-state index < -0.39 is 0 Å². The van der Waals surface area contributed by atoms with Crippen LogP contribution in [0.4, 0.5) is 0 Å². The Balaban J connectivity index is 2.10. The fraction of sp³-hybridized carbons (Fsp3) is 0.333. The molecule has 0 saturated carbocycles. The average Bonchev–Trinajstić information content (AvgIpc) is 2.54. The second kappa shape index (κ2) is 7.74. The van der Waals surface area contributed by atoms with E-state index in [0.717, 1.165) is 6.54 Å². The van der Waals surface area contributed by atoms with Gasteiger partial charge in [0.1, 0.15) is 5.69 Å². The molecule has 122 valence electrons. The highest BCUT2D eigenvalue weighted by Crippen LogP contribution is 2.15. The van der Waals surface area contributed by atoms with Gasteiger partial charge in [-0.25, -0.2) is 0 Å². The molecule has 0 radical (unpaired) electrons. The average molecular weight is 313 g/mol. The van der Waals surface area contributed by atoms with Crippen molar-refractivity contribution in [3.05, 3.63) is 70.1 Å². The SMILES string of the molecule is CN(C)C[C@H](CNC(=O)c1cccc(=O)n1C)c1ccccc1. The number of rotatable bonds is 6. The molecule has 0 saturated heterocycles. The summed E-state index contributed by atoms with van der Waals surface area (Å²) in [5.74, 6) is -0.0409. The normalized spacial score (nSPS) is 12.2. The zero-order chi connectivity index (χ0) is 16.8. The number of hydrogen-bond donors (Lipinski definition) is 1. The van der Waals surface area contributed by atoms with Crippen molar-refractivity contribution < 1.29 is 4.79 Å². The first-order valence-corrected chi connectivity index (χ1v) is 7.63. The lowest BCUT2D eigenvalue weighted by Gasteiger charge is -2.22. The molecular weight excluding hydrogens is 290 g/mol. The molecular formula is C18H23N3O2. The van der Waals surface area contributed by atoms with Gasteiger partial charge in [-0.3, -0.25) is 9.59 Å². The number of hydrogen-bond acceptors (Lipinski definition) is 3. The number of carbonyl (C=O) groups is 1. The molecule has 0 aliphatic heterocycles. The number of nitrogens with zero attached hydrogens (tertiary/aromatic N) is 2. The molecule has 2 aromatic rings. The number of amides is 1. The molecule has 5 heteroatoms. The molecule has 0 bridgehead atoms. The van der Waals surface area contributed by atoms with E-state index in [4.69, 9.17) is 0 Å². The van der Waals surface area contributed by atoms with E-state index in [1.165, 1.54) is 16.2 Å². The van der Waals surface area contributed by atoms with Crippen molar-refractivity contribution in [3.8, 4) is 0 Å². The molecule has 0 aliphatic carbocycles. The van der Waals surface area contributed by atoms with Gasteiger partial charge in [-0.05, 0) is 25.7 Å². The molecule has 0 spiro atoms. The zero-order valence-corrected chi connectivity index (χ0v) is 13.8. The topological polar surface area (TPSA) is 54.3 Å². The van der Waals surface area contributed by atoms with Crippen molar-refractivity contribution in [1.82, 2.24) is 14.8 Å². The Morgan fingerprint density at radius 2 is 1.83 bits per heavy atom. The lowest BCUT2D eigenvalue weighted by atomic mass is 9.98. The van der Waals surface area contributed by atoms with Crippen LogP contribution in [0.2, 0.25) is 0 Å². The number of likely N-dealkylation sites (N-methyl/N-ethyl adjacent to an activating group) is 1. The molecule has 5 nitrogen and oxygen atoms in total. The predicted octanol–water partition coefficient (Wildman–Crippen LogP) is 1.46. The first-order chi connectivity index (χ1) is 11.0. The van der Waals surface area contributed by atoms with E-state index >= 15 is 0 Å². The Kier molecular flexibility index (Phi) is 5.71. The predicted molar refractivity (Wildman–Crippen MR) is 91.8 cm³/mol. The van der Waals surface area contributed by atoms with Gasteiger partial charge in [-0.1, -0.05) is 36.4 Å². The van der Waals surface area contributed by atoms with Crippen molar-refractivity contribution >= 4 is 5.91 Å². The van der Waals surface area contributed by atoms with E-state index in [9.17, 15) is 9.59 Å². The van der Waals surface area contributed by atoms with Gasteiger partial charge < -0.3 is 14.8 Å². The first-order valence-electron chi connectivity index (χ1n) is 7.63. The number of pyridine rings is 1. The van der Waals surface area contributed by atoms with Crippen molar-refractivity contribution in [2.24, 2.45) is 7.05 Å². The lowest BCUT2D eigenvalue weighted by Crippen LogP contribution is -2.35. The lowest BCUT2D eigenvalue weighted by molar-refractivity contribution is 0.0940. The third-order valence-corrected chi connectivity index (χ3v) is 3.78. The van der Waals surface area contributed by atoms with E-state index in [0.29, 0.717) is 12.2 Å². The third kappa shape index (κ3) is 4.53. The maximum absolute atomic E-state index is 12.4. The fourth-order valence-corrected chi connectivity index (χ4v) is 2.55. The minimum absolute atomic E-state index is 0.189. The van der Waals surface area contributed by atoms with Gasteiger partial charge in [0.15, 0.2) is 0 Å². The molecule has 1 N–H and O–H groups in total. The Morgan fingerprint density at radius 3 is 2.48 bits per heavy atom. The van der Waals surface area contributed by atoms with Crippen LogP contribution >= 0.6 is 0 Å². The van der Waals surface area contributed by atoms with Crippen LogP contribution in [0.5, 0.6) is 0 Å². The summed E-state index contributed by atoms with van der Waals surface area (Å²) >= 11 is 0. The fourth-order valence-electron chi connectivity index (χ4n) is 2.55. The van der Waals surface area contributed by atoms with Gasteiger partial charge in [0.2, 0.25) is 0 Å². The van der Waals surface area contributed by atoms with Crippen molar-refractivity contribution in [3.63, 3.8) is 0 Å². The minimum Gasteiger partial charge on any atom is -0.350 e. The summed E-state index contributed by atoms with van der Waals surface area (Å²) in [5.41, 5.74) is 1.36. The van der Waals surface area contributed by atoms with Crippen LogP contribution in [0.1, 0.15) is 22.0 Å². The summed E-state index contributed by atoms with van der Waals surface area (Å²) in [4.78, 5) is 26.1. The summed E-state index contributed by atoms with van der Waals surface area (Å²) in [6.07, 6.45) is 0. The van der Waals surface area contributed by atoms with Crippen LogP contribution in [0, 0.1) is 0 Å². The van der Waals surface area contributed by atoms with Gasteiger partial charge in [0.25, 0.3) is 11.5 Å². The van der Waals surface area contributed by atoms with Gasteiger partial charge >= 0.3 is 0 Å². The summed E-state index contributed by atoms with van der Waals surface area (Å²) in [6, 6.07) is 14.8. The highest BCUT2D eigenvalue weighted by Gasteiger charge is 2.16. The molecule has 1 aromatic heterocycles. The maximum Gasteiger partial charge on any atom is 0.268 e. The van der Waals surface area contributed by atoms with Gasteiger partial charge in [-0.15, -0.1) is 0 Å². The highest BCUT2D eigenvalue weighted by atomic mass is 16.2. The molecule has 1 heterocycles. The second-order valence-electron chi connectivity index (χ2n) is 5.89. The smallest absolute Gasteiger partial charge is 0.268 e. The van der Waals surface area contributed by atoms with Crippen LogP contribution in [0.15, 0.2) is 53.3 Å². The Labute approximate surface area is 136 Å². The molecule has 1 aromatic carbocycles. The van der Waals surface area contributed by atoms with E-state index in [1.807, 2.05) is 32.3 Å². The number of carbonyl (C=O) groups excluding carboxylic acids is 1. The third-order valence-electron chi connectivity index (χ3n) is 3.78. The van der Waals surface area contributed by atoms with E-state index in [-0.39, 0.29) is 17.4 Å². The Bertz CT molecular complexity index is 708. The first kappa shape index (κ1) is 17.0. The molecule has 23 heavy (non-hydrogen) atoms. The standard InChI is InChI=1S/C18H23N3O2/c1-20(2)13-15(14-8-5-4-6-9-14)12-19-18(23)16-10-7-11-17(22)21(16)3/h4-11,15H,12-13H2,1-3H3,(H,19,23)/t15-/m0/s1. The number of nitrogens with one attached hydrogen (secondary N) is 1. The second-order valence-corrected chi connectivity index (χ2v) is 5.89. The minimum atomic E-state index is -0.232. The van der Waals surface area contributed by atoms with Crippen molar-refractivity contribution in [1.29, 1.82) is 0 Å². The summed E-state index contributed by atoms with van der Waals surface area (Å²) < 4.78 is 1.36. The maximum atomic E-state index is 12.4. The monoisotopic (exact) mass is 313 g/mol. The van der Waals surface area contributed by atoms with Crippen molar-refractivity contribution in [2.75, 3.05) is 27.2 Å². The van der Waals surface area contributed by atoms with Crippen LogP contribution in [0.25, 0.3) is 0 Å². The molecule has 0 unspecified atom stereocenters. The Hall–Kier alpha value is -2.40. The van der Waals surface area contributed by atoms with Crippen LogP contribution in [0.3, 0.4) is 0 Å².